The van der Waals surface area contributed by atoms with Crippen LogP contribution in [-0.4, -0.2) is 20.9 Å². The van der Waals surface area contributed by atoms with E-state index in [2.05, 4.69) is 17.2 Å². The number of nitrogens with zero attached hydrogens (tertiary/aromatic N) is 2. The minimum Gasteiger partial charge on any atom is -0.258 e. The molecular formula is C16H16N2O2S. The highest BCUT2D eigenvalue weighted by atomic mass is 32.2. The van der Waals surface area contributed by atoms with Crippen LogP contribution in [0.15, 0.2) is 64.6 Å². The Labute approximate surface area is 124 Å². The number of benzene rings is 2. The van der Waals surface area contributed by atoms with E-state index >= 15 is 0 Å². The SMILES string of the molecule is CS(=O)(=O)c1ccc(N2N=CCC2c2ccccc2)cc1. The highest BCUT2D eigenvalue weighted by Crippen LogP contribution is 2.33. The van der Waals surface area contributed by atoms with E-state index in [4.69, 9.17) is 0 Å². The molecule has 0 spiro atoms. The van der Waals surface area contributed by atoms with Crippen molar-refractivity contribution in [1.29, 1.82) is 0 Å². The summed E-state index contributed by atoms with van der Waals surface area (Å²) in [6.45, 7) is 0. The Balaban J connectivity index is 1.91. The smallest absolute Gasteiger partial charge is 0.175 e. The van der Waals surface area contributed by atoms with Crippen molar-refractivity contribution in [2.45, 2.75) is 17.4 Å². The Kier molecular flexibility index (Phi) is 3.51. The average molecular weight is 300 g/mol. The molecule has 2 aromatic rings. The largest absolute Gasteiger partial charge is 0.258 e. The zero-order valence-electron chi connectivity index (χ0n) is 11.7. The third kappa shape index (κ3) is 2.83. The predicted molar refractivity (Wildman–Crippen MR) is 84.3 cm³/mol. The van der Waals surface area contributed by atoms with Gasteiger partial charge in [0.05, 0.1) is 16.6 Å². The second kappa shape index (κ2) is 5.33. The number of rotatable bonds is 3. The molecule has 0 aromatic heterocycles. The lowest BCUT2D eigenvalue weighted by molar-refractivity contribution is 0.602. The van der Waals surface area contributed by atoms with Crippen LogP contribution >= 0.6 is 0 Å². The molecule has 1 aliphatic heterocycles. The third-order valence-electron chi connectivity index (χ3n) is 3.54. The molecule has 0 radical (unpaired) electrons. The van der Waals surface area contributed by atoms with Crippen LogP contribution in [0.5, 0.6) is 0 Å². The van der Waals surface area contributed by atoms with E-state index < -0.39 is 9.84 Å². The third-order valence-corrected chi connectivity index (χ3v) is 4.67. The van der Waals surface area contributed by atoms with Crippen LogP contribution in [0.3, 0.4) is 0 Å². The summed E-state index contributed by atoms with van der Waals surface area (Å²) in [5, 5.41) is 6.35. The maximum Gasteiger partial charge on any atom is 0.175 e. The fourth-order valence-corrected chi connectivity index (χ4v) is 3.09. The first-order valence-electron chi connectivity index (χ1n) is 6.72. The highest BCUT2D eigenvalue weighted by Gasteiger charge is 2.24. The molecule has 108 valence electrons. The van der Waals surface area contributed by atoms with Gasteiger partial charge >= 0.3 is 0 Å². The second-order valence-corrected chi connectivity index (χ2v) is 7.09. The molecule has 0 aliphatic carbocycles. The number of sulfone groups is 1. The molecule has 0 saturated carbocycles. The molecule has 1 aliphatic rings. The van der Waals surface area contributed by atoms with E-state index in [1.54, 1.807) is 24.3 Å². The molecular weight excluding hydrogens is 284 g/mol. The summed E-state index contributed by atoms with van der Waals surface area (Å²) in [7, 11) is -3.17. The summed E-state index contributed by atoms with van der Waals surface area (Å²) in [4.78, 5) is 0.325. The lowest BCUT2D eigenvalue weighted by Crippen LogP contribution is -2.18. The first-order chi connectivity index (χ1) is 10.1. The summed E-state index contributed by atoms with van der Waals surface area (Å²) in [5.74, 6) is 0. The van der Waals surface area contributed by atoms with Crippen LogP contribution < -0.4 is 5.01 Å². The van der Waals surface area contributed by atoms with Crippen molar-refractivity contribution >= 4 is 21.7 Å². The van der Waals surface area contributed by atoms with Crippen LogP contribution in [0.4, 0.5) is 5.69 Å². The van der Waals surface area contributed by atoms with E-state index in [-0.39, 0.29) is 6.04 Å². The molecule has 21 heavy (non-hydrogen) atoms. The second-order valence-electron chi connectivity index (χ2n) is 5.07. The van der Waals surface area contributed by atoms with Gasteiger partial charge in [0.2, 0.25) is 0 Å². The van der Waals surface area contributed by atoms with Crippen LogP contribution in [0.2, 0.25) is 0 Å². The van der Waals surface area contributed by atoms with Gasteiger partial charge in [0.1, 0.15) is 0 Å². The minimum atomic E-state index is -3.17. The number of anilines is 1. The Bertz CT molecular complexity index is 753. The van der Waals surface area contributed by atoms with Gasteiger partial charge in [0.25, 0.3) is 0 Å². The molecule has 1 heterocycles. The molecule has 0 amide bonds. The molecule has 0 fully saturated rings. The summed E-state index contributed by atoms with van der Waals surface area (Å²) in [6, 6.07) is 17.2. The molecule has 1 atom stereocenters. The quantitative estimate of drug-likeness (QED) is 0.875. The van der Waals surface area contributed by atoms with E-state index in [9.17, 15) is 8.42 Å². The van der Waals surface area contributed by atoms with Gasteiger partial charge in [-0.15, -0.1) is 0 Å². The Hall–Kier alpha value is -2.14. The normalized spacial score (nSPS) is 18.1. The Morgan fingerprint density at radius 2 is 1.71 bits per heavy atom. The first kappa shape index (κ1) is 13.8. The van der Waals surface area contributed by atoms with Crippen LogP contribution in [0.25, 0.3) is 0 Å². The fourth-order valence-electron chi connectivity index (χ4n) is 2.46. The fraction of sp³-hybridized carbons (Fsp3) is 0.188. The Morgan fingerprint density at radius 3 is 2.33 bits per heavy atom. The maximum atomic E-state index is 11.5. The van der Waals surface area contributed by atoms with Crippen molar-refractivity contribution in [1.82, 2.24) is 0 Å². The van der Waals surface area contributed by atoms with Gasteiger partial charge in [0, 0.05) is 18.9 Å². The average Bonchev–Trinajstić information content (AvgIpc) is 2.97. The standard InChI is InChI=1S/C16H16N2O2S/c1-21(19,20)15-9-7-14(8-10-15)18-16(11-12-17-18)13-5-3-2-4-6-13/h2-10,12,16H,11H2,1H3. The van der Waals surface area contributed by atoms with Crippen molar-refractivity contribution < 1.29 is 8.42 Å². The summed E-state index contributed by atoms with van der Waals surface area (Å²) in [5.41, 5.74) is 2.09. The summed E-state index contributed by atoms with van der Waals surface area (Å²) in [6.07, 6.45) is 3.95. The number of hydrogen-bond donors (Lipinski definition) is 0. The van der Waals surface area contributed by atoms with Gasteiger partial charge in [-0.05, 0) is 29.8 Å². The highest BCUT2D eigenvalue weighted by molar-refractivity contribution is 7.90. The predicted octanol–water partition coefficient (Wildman–Crippen LogP) is 3.03. The molecule has 4 nitrogen and oxygen atoms in total. The lowest BCUT2D eigenvalue weighted by Gasteiger charge is -2.24. The monoisotopic (exact) mass is 300 g/mol. The Morgan fingerprint density at radius 1 is 1.05 bits per heavy atom. The van der Waals surface area contributed by atoms with E-state index in [1.165, 1.54) is 11.8 Å². The molecule has 0 bridgehead atoms. The van der Waals surface area contributed by atoms with Crippen molar-refractivity contribution in [2.75, 3.05) is 11.3 Å². The van der Waals surface area contributed by atoms with Gasteiger partial charge in [0.15, 0.2) is 9.84 Å². The molecule has 0 N–H and O–H groups in total. The van der Waals surface area contributed by atoms with Crippen molar-refractivity contribution in [3.05, 3.63) is 60.2 Å². The number of hydrogen-bond acceptors (Lipinski definition) is 4. The lowest BCUT2D eigenvalue weighted by atomic mass is 10.0. The zero-order chi connectivity index (χ0) is 14.9. The van der Waals surface area contributed by atoms with E-state index in [0.29, 0.717) is 4.90 Å². The van der Waals surface area contributed by atoms with E-state index in [0.717, 1.165) is 12.1 Å². The summed E-state index contributed by atoms with van der Waals surface area (Å²) < 4.78 is 23.0. The molecule has 1 unspecified atom stereocenters. The van der Waals surface area contributed by atoms with Gasteiger partial charge in [-0.2, -0.15) is 5.10 Å². The van der Waals surface area contributed by atoms with Gasteiger partial charge in [-0.25, -0.2) is 8.42 Å². The molecule has 0 saturated heterocycles. The van der Waals surface area contributed by atoms with Crippen molar-refractivity contribution in [3.8, 4) is 0 Å². The number of hydrazone groups is 1. The molecule has 3 rings (SSSR count). The molecule has 5 heteroatoms. The van der Waals surface area contributed by atoms with Gasteiger partial charge < -0.3 is 0 Å². The van der Waals surface area contributed by atoms with Crippen molar-refractivity contribution in [3.63, 3.8) is 0 Å². The topological polar surface area (TPSA) is 49.7 Å². The summed E-state index contributed by atoms with van der Waals surface area (Å²) >= 11 is 0. The van der Waals surface area contributed by atoms with Crippen LogP contribution in [0, 0.1) is 0 Å². The molecule has 2 aromatic carbocycles. The zero-order valence-corrected chi connectivity index (χ0v) is 12.5. The maximum absolute atomic E-state index is 11.5. The van der Waals surface area contributed by atoms with Gasteiger partial charge in [-0.3, -0.25) is 5.01 Å². The minimum absolute atomic E-state index is 0.162. The first-order valence-corrected chi connectivity index (χ1v) is 8.61. The van der Waals surface area contributed by atoms with Crippen LogP contribution in [-0.2, 0) is 9.84 Å². The van der Waals surface area contributed by atoms with Gasteiger partial charge in [-0.1, -0.05) is 30.3 Å². The van der Waals surface area contributed by atoms with E-state index in [1.807, 2.05) is 29.4 Å². The van der Waals surface area contributed by atoms with Crippen molar-refractivity contribution in [2.24, 2.45) is 5.10 Å². The van der Waals surface area contributed by atoms with Crippen LogP contribution in [0.1, 0.15) is 18.0 Å².